The average Bonchev–Trinajstić information content (AvgIpc) is 2.39. The number of ether oxygens (including phenoxy) is 2. The summed E-state index contributed by atoms with van der Waals surface area (Å²) < 4.78 is 10.7. The van der Waals surface area contributed by atoms with Crippen molar-refractivity contribution in [2.75, 3.05) is 13.9 Å². The van der Waals surface area contributed by atoms with Gasteiger partial charge in [0.25, 0.3) is 0 Å². The van der Waals surface area contributed by atoms with E-state index in [0.717, 1.165) is 25.5 Å². The maximum Gasteiger partial charge on any atom is 0.146 e. The summed E-state index contributed by atoms with van der Waals surface area (Å²) in [5.41, 5.74) is 0. The molecule has 0 aliphatic heterocycles. The SMILES string of the molecule is C=C[C@H](CCC=O)[C@H](C)CC[C@H](OCOC)C(C)C. The van der Waals surface area contributed by atoms with Crippen molar-refractivity contribution >= 4 is 6.29 Å². The van der Waals surface area contributed by atoms with Crippen molar-refractivity contribution in [1.29, 1.82) is 0 Å². The predicted molar refractivity (Wildman–Crippen MR) is 79.0 cm³/mol. The van der Waals surface area contributed by atoms with Gasteiger partial charge in [-0.15, -0.1) is 6.58 Å². The molecule has 0 aliphatic carbocycles. The molecule has 0 saturated heterocycles. The van der Waals surface area contributed by atoms with E-state index in [9.17, 15) is 4.79 Å². The Bertz CT molecular complexity index is 238. The summed E-state index contributed by atoms with van der Waals surface area (Å²) in [6.07, 6.45) is 6.83. The highest BCUT2D eigenvalue weighted by Gasteiger charge is 2.19. The van der Waals surface area contributed by atoms with Crippen molar-refractivity contribution in [3.8, 4) is 0 Å². The van der Waals surface area contributed by atoms with E-state index in [-0.39, 0.29) is 6.10 Å². The monoisotopic (exact) mass is 270 g/mol. The summed E-state index contributed by atoms with van der Waals surface area (Å²) in [6.45, 7) is 10.8. The summed E-state index contributed by atoms with van der Waals surface area (Å²) in [5, 5.41) is 0. The Labute approximate surface area is 118 Å². The Hall–Kier alpha value is -0.670. The van der Waals surface area contributed by atoms with Crippen molar-refractivity contribution in [3.63, 3.8) is 0 Å². The van der Waals surface area contributed by atoms with E-state index in [4.69, 9.17) is 9.47 Å². The van der Waals surface area contributed by atoms with Crippen LogP contribution in [0.2, 0.25) is 0 Å². The van der Waals surface area contributed by atoms with Crippen LogP contribution in [0.3, 0.4) is 0 Å². The fraction of sp³-hybridized carbons (Fsp3) is 0.812. The van der Waals surface area contributed by atoms with E-state index in [0.29, 0.717) is 31.0 Å². The van der Waals surface area contributed by atoms with E-state index in [1.807, 2.05) is 6.08 Å². The molecule has 0 radical (unpaired) electrons. The maximum absolute atomic E-state index is 10.5. The van der Waals surface area contributed by atoms with Gasteiger partial charge in [0.05, 0.1) is 6.10 Å². The smallest absolute Gasteiger partial charge is 0.146 e. The third kappa shape index (κ3) is 8.17. The molecule has 0 spiro atoms. The van der Waals surface area contributed by atoms with Gasteiger partial charge in [0, 0.05) is 13.5 Å². The molecule has 0 unspecified atom stereocenters. The summed E-state index contributed by atoms with van der Waals surface area (Å²) in [6, 6.07) is 0. The molecule has 0 aromatic heterocycles. The first kappa shape index (κ1) is 18.3. The first-order chi connectivity index (χ1) is 9.06. The minimum Gasteiger partial charge on any atom is -0.359 e. The number of rotatable bonds is 12. The van der Waals surface area contributed by atoms with Gasteiger partial charge in [-0.2, -0.15) is 0 Å². The number of allylic oxidation sites excluding steroid dienone is 1. The van der Waals surface area contributed by atoms with Crippen LogP contribution < -0.4 is 0 Å². The van der Waals surface area contributed by atoms with Gasteiger partial charge >= 0.3 is 0 Å². The maximum atomic E-state index is 10.5. The molecule has 0 fully saturated rings. The topological polar surface area (TPSA) is 35.5 Å². The van der Waals surface area contributed by atoms with E-state index in [1.54, 1.807) is 7.11 Å². The van der Waals surface area contributed by atoms with Gasteiger partial charge in [-0.05, 0) is 37.0 Å². The Morgan fingerprint density at radius 1 is 1.16 bits per heavy atom. The number of hydrogen-bond acceptors (Lipinski definition) is 3. The number of aldehydes is 1. The lowest BCUT2D eigenvalue weighted by atomic mass is 9.85. The van der Waals surface area contributed by atoms with Crippen molar-refractivity contribution in [2.24, 2.45) is 17.8 Å². The highest BCUT2D eigenvalue weighted by Crippen LogP contribution is 2.25. The molecule has 3 atom stereocenters. The first-order valence-electron chi connectivity index (χ1n) is 7.23. The molecule has 112 valence electrons. The number of carbonyl (C=O) groups is 1. The molecule has 0 rings (SSSR count). The number of hydrogen-bond donors (Lipinski definition) is 0. The summed E-state index contributed by atoms with van der Waals surface area (Å²) in [7, 11) is 1.65. The van der Waals surface area contributed by atoms with E-state index >= 15 is 0 Å². The molecule has 0 bridgehead atoms. The Kier molecular flexibility index (Phi) is 10.8. The zero-order chi connectivity index (χ0) is 14.7. The van der Waals surface area contributed by atoms with Crippen molar-refractivity contribution < 1.29 is 14.3 Å². The van der Waals surface area contributed by atoms with Crippen LogP contribution in [0.1, 0.15) is 46.5 Å². The quantitative estimate of drug-likeness (QED) is 0.307. The molecule has 0 saturated carbocycles. The summed E-state index contributed by atoms with van der Waals surface area (Å²) in [5.74, 6) is 1.43. The largest absolute Gasteiger partial charge is 0.359 e. The van der Waals surface area contributed by atoms with E-state index in [1.165, 1.54) is 0 Å². The van der Waals surface area contributed by atoms with E-state index < -0.39 is 0 Å². The molecule has 0 aromatic rings. The molecule has 0 aliphatic rings. The van der Waals surface area contributed by atoms with Crippen LogP contribution in [-0.4, -0.2) is 26.3 Å². The normalized spacial score (nSPS) is 16.1. The molecule has 3 nitrogen and oxygen atoms in total. The molecule has 0 aromatic carbocycles. The lowest BCUT2D eigenvalue weighted by Gasteiger charge is -2.25. The second-order valence-electron chi connectivity index (χ2n) is 5.55. The van der Waals surface area contributed by atoms with Crippen molar-refractivity contribution in [2.45, 2.75) is 52.6 Å². The van der Waals surface area contributed by atoms with Crippen LogP contribution in [0.5, 0.6) is 0 Å². The molecule has 0 N–H and O–H groups in total. The van der Waals surface area contributed by atoms with Crippen molar-refractivity contribution in [1.82, 2.24) is 0 Å². The molecule has 0 amide bonds. The summed E-state index contributed by atoms with van der Waals surface area (Å²) >= 11 is 0. The third-order valence-corrected chi connectivity index (χ3v) is 3.70. The van der Waals surface area contributed by atoms with Crippen LogP contribution in [0.25, 0.3) is 0 Å². The summed E-state index contributed by atoms with van der Waals surface area (Å²) in [4.78, 5) is 10.5. The van der Waals surface area contributed by atoms with E-state index in [2.05, 4.69) is 27.4 Å². The second kappa shape index (κ2) is 11.2. The molecular formula is C16H30O3. The first-order valence-corrected chi connectivity index (χ1v) is 7.23. The minimum absolute atomic E-state index is 0.235. The van der Waals surface area contributed by atoms with Gasteiger partial charge < -0.3 is 14.3 Å². The van der Waals surface area contributed by atoms with Crippen LogP contribution in [-0.2, 0) is 14.3 Å². The van der Waals surface area contributed by atoms with Crippen LogP contribution in [0.4, 0.5) is 0 Å². The van der Waals surface area contributed by atoms with Gasteiger partial charge in [0.1, 0.15) is 13.1 Å². The second-order valence-corrected chi connectivity index (χ2v) is 5.55. The Morgan fingerprint density at radius 2 is 1.84 bits per heavy atom. The zero-order valence-corrected chi connectivity index (χ0v) is 12.9. The molecule has 3 heteroatoms. The molecular weight excluding hydrogens is 240 g/mol. The molecule has 0 heterocycles. The fourth-order valence-electron chi connectivity index (χ4n) is 2.30. The predicted octanol–water partition coefficient (Wildman–Crippen LogP) is 3.83. The highest BCUT2D eigenvalue weighted by molar-refractivity contribution is 5.49. The Balaban J connectivity index is 4.16. The zero-order valence-electron chi connectivity index (χ0n) is 12.9. The lowest BCUT2D eigenvalue weighted by molar-refractivity contribution is -0.108. The Morgan fingerprint density at radius 3 is 2.32 bits per heavy atom. The van der Waals surface area contributed by atoms with Crippen molar-refractivity contribution in [3.05, 3.63) is 12.7 Å². The van der Waals surface area contributed by atoms with Gasteiger partial charge in [-0.3, -0.25) is 0 Å². The van der Waals surface area contributed by atoms with Crippen LogP contribution in [0, 0.1) is 17.8 Å². The minimum atomic E-state index is 0.235. The third-order valence-electron chi connectivity index (χ3n) is 3.70. The van der Waals surface area contributed by atoms with Crippen LogP contribution >= 0.6 is 0 Å². The van der Waals surface area contributed by atoms with Gasteiger partial charge in [-0.1, -0.05) is 26.8 Å². The van der Waals surface area contributed by atoms with Gasteiger partial charge in [-0.25, -0.2) is 0 Å². The average molecular weight is 270 g/mol. The molecule has 19 heavy (non-hydrogen) atoms. The number of methoxy groups -OCH3 is 1. The van der Waals surface area contributed by atoms with Crippen LogP contribution in [0.15, 0.2) is 12.7 Å². The van der Waals surface area contributed by atoms with Gasteiger partial charge in [0.15, 0.2) is 0 Å². The van der Waals surface area contributed by atoms with Gasteiger partial charge in [0.2, 0.25) is 0 Å². The lowest BCUT2D eigenvalue weighted by Crippen LogP contribution is -2.23. The number of carbonyl (C=O) groups excluding carboxylic acids is 1. The fourth-order valence-corrected chi connectivity index (χ4v) is 2.30. The highest BCUT2D eigenvalue weighted by atomic mass is 16.7. The standard InChI is InChI=1S/C16H30O3/c1-6-15(8-7-11-17)14(4)9-10-16(13(2)3)19-12-18-5/h6,11,13-16H,1,7-10,12H2,2-5H3/t14-,15-,16+/m1/s1.